The fourth-order valence-corrected chi connectivity index (χ4v) is 4.13. The minimum atomic E-state index is -0.931. The highest BCUT2D eigenvalue weighted by Crippen LogP contribution is 2.27. The van der Waals surface area contributed by atoms with Crippen LogP contribution in [0.4, 0.5) is 5.69 Å². The minimum Gasteiger partial charge on any atom is -0.478 e. The molecule has 2 aromatic rings. The van der Waals surface area contributed by atoms with Crippen LogP contribution >= 0.6 is 0 Å². The van der Waals surface area contributed by atoms with Gasteiger partial charge in [0.1, 0.15) is 0 Å². The second kappa shape index (κ2) is 9.29. The van der Waals surface area contributed by atoms with Gasteiger partial charge in [0.2, 0.25) is 0 Å². The second-order valence-corrected chi connectivity index (χ2v) is 8.29. The SMILES string of the molecule is Cc1cc(C(=O)O)ccc1N(C)CC1(O)CCN(CCc2ccc(C#N)cc2)CC1. The first-order valence-electron chi connectivity index (χ1n) is 10.3. The molecular formula is C24H29N3O3. The van der Waals surface area contributed by atoms with Crippen molar-refractivity contribution in [3.8, 4) is 6.07 Å². The van der Waals surface area contributed by atoms with Crippen LogP contribution in [0.3, 0.4) is 0 Å². The van der Waals surface area contributed by atoms with Gasteiger partial charge in [-0.15, -0.1) is 0 Å². The standard InChI is InChI=1S/C24H29N3O3/c1-18-15-21(23(28)29)7-8-22(18)26(2)17-24(30)10-13-27(14-11-24)12-9-19-3-5-20(16-25)6-4-19/h3-8,15,30H,9-14,17H2,1-2H3,(H,28,29). The summed E-state index contributed by atoms with van der Waals surface area (Å²) in [4.78, 5) is 15.5. The molecule has 0 saturated carbocycles. The molecule has 3 rings (SSSR count). The van der Waals surface area contributed by atoms with Crippen LogP contribution in [0.15, 0.2) is 42.5 Å². The van der Waals surface area contributed by atoms with Gasteiger partial charge in [-0.1, -0.05) is 12.1 Å². The lowest BCUT2D eigenvalue weighted by molar-refractivity contribution is -0.0137. The zero-order chi connectivity index (χ0) is 21.7. The molecule has 1 heterocycles. The number of nitriles is 1. The fraction of sp³-hybridized carbons (Fsp3) is 0.417. The molecule has 1 fully saturated rings. The number of carbonyl (C=O) groups is 1. The summed E-state index contributed by atoms with van der Waals surface area (Å²) in [6, 6.07) is 14.9. The topological polar surface area (TPSA) is 87.8 Å². The van der Waals surface area contributed by atoms with Crippen molar-refractivity contribution in [3.05, 3.63) is 64.7 Å². The first-order chi connectivity index (χ1) is 14.3. The monoisotopic (exact) mass is 407 g/mol. The van der Waals surface area contributed by atoms with Gasteiger partial charge >= 0.3 is 5.97 Å². The van der Waals surface area contributed by atoms with E-state index < -0.39 is 11.6 Å². The van der Waals surface area contributed by atoms with Gasteiger partial charge < -0.3 is 20.0 Å². The molecule has 30 heavy (non-hydrogen) atoms. The van der Waals surface area contributed by atoms with Gasteiger partial charge in [-0.25, -0.2) is 4.79 Å². The number of hydrogen-bond donors (Lipinski definition) is 2. The number of likely N-dealkylation sites (tertiary alicyclic amines) is 1. The number of aryl methyl sites for hydroxylation is 1. The molecule has 2 N–H and O–H groups in total. The summed E-state index contributed by atoms with van der Waals surface area (Å²) >= 11 is 0. The van der Waals surface area contributed by atoms with Crippen LogP contribution in [-0.4, -0.2) is 59.9 Å². The first kappa shape index (κ1) is 21.8. The van der Waals surface area contributed by atoms with Crippen LogP contribution in [-0.2, 0) is 6.42 Å². The van der Waals surface area contributed by atoms with Crippen LogP contribution in [0.25, 0.3) is 0 Å². The van der Waals surface area contributed by atoms with E-state index in [0.717, 1.165) is 37.3 Å². The maximum atomic E-state index is 11.1. The predicted octanol–water partition coefficient (Wildman–Crippen LogP) is 3.07. The second-order valence-electron chi connectivity index (χ2n) is 8.29. The Morgan fingerprint density at radius 2 is 1.87 bits per heavy atom. The lowest BCUT2D eigenvalue weighted by Gasteiger charge is -2.41. The average molecular weight is 408 g/mol. The Balaban J connectivity index is 1.51. The number of rotatable bonds is 7. The molecular weight excluding hydrogens is 378 g/mol. The third-order valence-corrected chi connectivity index (χ3v) is 5.97. The Kier molecular flexibility index (Phi) is 6.76. The van der Waals surface area contributed by atoms with E-state index in [-0.39, 0.29) is 5.56 Å². The number of nitrogens with zero attached hydrogens (tertiary/aromatic N) is 3. The molecule has 0 atom stereocenters. The van der Waals surface area contributed by atoms with E-state index in [1.807, 2.05) is 49.2 Å². The van der Waals surface area contributed by atoms with Gasteiger partial charge in [0, 0.05) is 38.9 Å². The molecule has 6 nitrogen and oxygen atoms in total. The Hall–Kier alpha value is -2.88. The molecule has 0 aromatic heterocycles. The third kappa shape index (κ3) is 5.38. The van der Waals surface area contributed by atoms with Crippen molar-refractivity contribution in [1.29, 1.82) is 5.26 Å². The van der Waals surface area contributed by atoms with E-state index in [1.54, 1.807) is 12.1 Å². The predicted molar refractivity (Wildman–Crippen MR) is 117 cm³/mol. The quantitative estimate of drug-likeness (QED) is 0.733. The number of aliphatic hydroxyl groups is 1. The molecule has 6 heteroatoms. The summed E-state index contributed by atoms with van der Waals surface area (Å²) in [6.07, 6.45) is 2.34. The Bertz CT molecular complexity index is 926. The number of carboxylic acid groups (broad SMARTS) is 1. The molecule has 2 aromatic carbocycles. The van der Waals surface area contributed by atoms with Crippen molar-refractivity contribution >= 4 is 11.7 Å². The van der Waals surface area contributed by atoms with Crippen LogP contribution < -0.4 is 4.90 Å². The summed E-state index contributed by atoms with van der Waals surface area (Å²) in [5.41, 5.74) is 3.25. The van der Waals surface area contributed by atoms with Crippen molar-refractivity contribution in [2.75, 3.05) is 38.1 Å². The van der Waals surface area contributed by atoms with Gasteiger partial charge in [0.15, 0.2) is 0 Å². The van der Waals surface area contributed by atoms with E-state index in [9.17, 15) is 9.90 Å². The molecule has 1 aliphatic heterocycles. The Labute approximate surface area is 178 Å². The van der Waals surface area contributed by atoms with E-state index in [1.165, 1.54) is 5.56 Å². The van der Waals surface area contributed by atoms with E-state index in [2.05, 4.69) is 11.0 Å². The van der Waals surface area contributed by atoms with Gasteiger partial charge in [-0.05, 0) is 67.6 Å². The zero-order valence-corrected chi connectivity index (χ0v) is 17.6. The molecule has 0 amide bonds. The van der Waals surface area contributed by atoms with Crippen LogP contribution in [0.5, 0.6) is 0 Å². The average Bonchev–Trinajstić information content (AvgIpc) is 2.73. The highest BCUT2D eigenvalue weighted by molar-refractivity contribution is 5.88. The van der Waals surface area contributed by atoms with E-state index >= 15 is 0 Å². The molecule has 0 aliphatic carbocycles. The summed E-state index contributed by atoms with van der Waals surface area (Å²) in [7, 11) is 1.94. The van der Waals surface area contributed by atoms with Gasteiger partial charge in [-0.2, -0.15) is 5.26 Å². The normalized spacial score (nSPS) is 16.1. The molecule has 0 spiro atoms. The van der Waals surface area contributed by atoms with E-state index in [0.29, 0.717) is 24.9 Å². The largest absolute Gasteiger partial charge is 0.478 e. The molecule has 158 valence electrons. The molecule has 0 radical (unpaired) electrons. The highest BCUT2D eigenvalue weighted by Gasteiger charge is 2.33. The lowest BCUT2D eigenvalue weighted by atomic mass is 9.90. The fourth-order valence-electron chi connectivity index (χ4n) is 4.13. The van der Waals surface area contributed by atoms with Crippen molar-refractivity contribution in [3.63, 3.8) is 0 Å². The number of piperidine rings is 1. The van der Waals surface area contributed by atoms with Crippen molar-refractivity contribution < 1.29 is 15.0 Å². The maximum Gasteiger partial charge on any atom is 0.335 e. The summed E-state index contributed by atoms with van der Waals surface area (Å²) in [5.74, 6) is -0.931. The van der Waals surface area contributed by atoms with Crippen molar-refractivity contribution in [2.45, 2.75) is 31.8 Å². The number of aromatic carboxylic acids is 1. The summed E-state index contributed by atoms with van der Waals surface area (Å²) < 4.78 is 0. The van der Waals surface area contributed by atoms with Gasteiger partial charge in [0.05, 0.1) is 22.8 Å². The Morgan fingerprint density at radius 3 is 2.43 bits per heavy atom. The van der Waals surface area contributed by atoms with Crippen LogP contribution in [0.2, 0.25) is 0 Å². The minimum absolute atomic E-state index is 0.277. The number of anilines is 1. The number of carboxylic acids is 1. The maximum absolute atomic E-state index is 11.1. The molecule has 1 aliphatic rings. The van der Waals surface area contributed by atoms with Crippen molar-refractivity contribution in [1.82, 2.24) is 4.90 Å². The molecule has 0 bridgehead atoms. The molecule has 1 saturated heterocycles. The van der Waals surface area contributed by atoms with Crippen molar-refractivity contribution in [2.24, 2.45) is 0 Å². The van der Waals surface area contributed by atoms with Crippen LogP contribution in [0.1, 0.15) is 39.9 Å². The molecule has 0 unspecified atom stereocenters. The summed E-state index contributed by atoms with van der Waals surface area (Å²) in [5, 5.41) is 29.1. The van der Waals surface area contributed by atoms with Gasteiger partial charge in [0.25, 0.3) is 0 Å². The smallest absolute Gasteiger partial charge is 0.335 e. The third-order valence-electron chi connectivity index (χ3n) is 5.97. The first-order valence-corrected chi connectivity index (χ1v) is 10.3. The number of hydrogen-bond acceptors (Lipinski definition) is 5. The lowest BCUT2D eigenvalue weighted by Crippen LogP contribution is -2.50. The van der Waals surface area contributed by atoms with Crippen LogP contribution in [0, 0.1) is 18.3 Å². The zero-order valence-electron chi connectivity index (χ0n) is 17.6. The Morgan fingerprint density at radius 1 is 1.20 bits per heavy atom. The van der Waals surface area contributed by atoms with Gasteiger partial charge in [-0.3, -0.25) is 0 Å². The van der Waals surface area contributed by atoms with E-state index in [4.69, 9.17) is 10.4 Å². The number of benzene rings is 2. The number of likely N-dealkylation sites (N-methyl/N-ethyl adjacent to an activating group) is 1. The summed E-state index contributed by atoms with van der Waals surface area (Å²) in [6.45, 7) is 5.04. The highest BCUT2D eigenvalue weighted by atomic mass is 16.4.